The largest absolute Gasteiger partial charge is 0.243 e. The summed E-state index contributed by atoms with van der Waals surface area (Å²) in [5, 5.41) is 1.96. The summed E-state index contributed by atoms with van der Waals surface area (Å²) >= 11 is 1.63. The second-order valence-corrected chi connectivity index (χ2v) is 8.06. The van der Waals surface area contributed by atoms with Gasteiger partial charge in [-0.05, 0) is 48.1 Å². The van der Waals surface area contributed by atoms with Gasteiger partial charge in [-0.3, -0.25) is 0 Å². The van der Waals surface area contributed by atoms with Gasteiger partial charge >= 0.3 is 0 Å². The number of hydrogen-bond acceptors (Lipinski definition) is 3. The number of rotatable bonds is 3. The van der Waals surface area contributed by atoms with Crippen molar-refractivity contribution in [1.82, 2.24) is 4.31 Å². The number of hydrogen-bond donors (Lipinski definition) is 0. The van der Waals surface area contributed by atoms with Gasteiger partial charge in [0.05, 0.1) is 10.9 Å². The zero-order valence-electron chi connectivity index (χ0n) is 11.9. The first-order valence-electron chi connectivity index (χ1n) is 6.98. The van der Waals surface area contributed by atoms with Crippen molar-refractivity contribution in [3.05, 3.63) is 51.7 Å². The molecule has 2 aromatic rings. The Hall–Kier alpha value is -1.31. The van der Waals surface area contributed by atoms with Crippen molar-refractivity contribution in [1.29, 1.82) is 0 Å². The van der Waals surface area contributed by atoms with Crippen LogP contribution in [-0.4, -0.2) is 19.3 Å². The minimum Gasteiger partial charge on any atom is -0.207 e. The van der Waals surface area contributed by atoms with Crippen LogP contribution < -0.4 is 0 Å². The summed E-state index contributed by atoms with van der Waals surface area (Å²) in [6.07, 6.45) is 1.28. The molecule has 0 amide bonds. The Morgan fingerprint density at radius 2 is 2.05 bits per heavy atom. The molecule has 1 aromatic heterocycles. The third kappa shape index (κ3) is 2.47. The van der Waals surface area contributed by atoms with E-state index in [1.807, 2.05) is 18.4 Å². The molecule has 0 radical (unpaired) electrons. The number of sulfonamides is 1. The average Bonchev–Trinajstić information content (AvgIpc) is 2.97. The second-order valence-electron chi connectivity index (χ2n) is 5.16. The van der Waals surface area contributed by atoms with Gasteiger partial charge in [0.15, 0.2) is 11.6 Å². The first-order valence-corrected chi connectivity index (χ1v) is 9.30. The minimum atomic E-state index is -3.85. The molecular weight excluding hydrogens is 328 g/mol. The number of fused-ring (bicyclic) bond motifs is 1. The molecule has 2 heterocycles. The third-order valence-electron chi connectivity index (χ3n) is 3.93. The van der Waals surface area contributed by atoms with E-state index in [4.69, 9.17) is 0 Å². The van der Waals surface area contributed by atoms with Crippen molar-refractivity contribution in [3.8, 4) is 0 Å². The van der Waals surface area contributed by atoms with Crippen molar-refractivity contribution < 1.29 is 17.2 Å². The van der Waals surface area contributed by atoms with Gasteiger partial charge in [-0.2, -0.15) is 4.31 Å². The van der Waals surface area contributed by atoms with Gasteiger partial charge in [0.1, 0.15) is 0 Å². The fraction of sp³-hybridized carbons (Fsp3) is 0.333. The maximum Gasteiger partial charge on any atom is 0.243 e. The van der Waals surface area contributed by atoms with Gasteiger partial charge in [0, 0.05) is 11.4 Å². The van der Waals surface area contributed by atoms with Crippen molar-refractivity contribution in [3.63, 3.8) is 0 Å². The van der Waals surface area contributed by atoms with E-state index in [1.54, 1.807) is 11.3 Å². The zero-order chi connectivity index (χ0) is 15.9. The molecule has 1 aliphatic heterocycles. The predicted octanol–water partition coefficient (Wildman–Crippen LogP) is 3.72. The Kier molecular flexibility index (Phi) is 4.05. The maximum absolute atomic E-state index is 13.4. The van der Waals surface area contributed by atoms with E-state index in [9.17, 15) is 17.2 Å². The SMILES string of the molecule is CCC1c2ccsc2CCN1S(=O)(=O)c1ccc(F)c(F)c1. The van der Waals surface area contributed by atoms with Crippen LogP contribution >= 0.6 is 11.3 Å². The summed E-state index contributed by atoms with van der Waals surface area (Å²) in [5.41, 5.74) is 1.02. The van der Waals surface area contributed by atoms with Crippen LogP contribution in [0.15, 0.2) is 34.5 Å². The van der Waals surface area contributed by atoms with Gasteiger partial charge < -0.3 is 0 Å². The molecule has 1 aromatic carbocycles. The number of halogens is 2. The Bertz CT molecular complexity index is 802. The molecule has 0 aliphatic carbocycles. The topological polar surface area (TPSA) is 37.4 Å². The van der Waals surface area contributed by atoms with E-state index in [2.05, 4.69) is 0 Å². The lowest BCUT2D eigenvalue weighted by Crippen LogP contribution is -2.39. The highest BCUT2D eigenvalue weighted by Crippen LogP contribution is 2.38. The van der Waals surface area contributed by atoms with Crippen molar-refractivity contribution in [2.24, 2.45) is 0 Å². The number of thiophene rings is 1. The van der Waals surface area contributed by atoms with Gasteiger partial charge in [0.2, 0.25) is 10.0 Å². The molecule has 22 heavy (non-hydrogen) atoms. The molecule has 0 bridgehead atoms. The van der Waals surface area contributed by atoms with Crippen molar-refractivity contribution in [2.75, 3.05) is 6.54 Å². The lowest BCUT2D eigenvalue weighted by molar-refractivity contribution is 0.303. The van der Waals surface area contributed by atoms with Crippen LogP contribution in [0.4, 0.5) is 8.78 Å². The average molecular weight is 343 g/mol. The first-order chi connectivity index (χ1) is 10.4. The highest BCUT2D eigenvalue weighted by Gasteiger charge is 2.36. The molecule has 0 saturated heterocycles. The Morgan fingerprint density at radius 3 is 2.73 bits per heavy atom. The normalized spacial score (nSPS) is 19.1. The summed E-state index contributed by atoms with van der Waals surface area (Å²) in [4.78, 5) is 0.993. The summed E-state index contributed by atoms with van der Waals surface area (Å²) in [7, 11) is -3.85. The molecule has 3 rings (SSSR count). The standard InChI is InChI=1S/C15H15F2NO2S2/c1-2-14-11-6-8-21-15(11)5-7-18(14)22(19,20)10-3-4-12(16)13(17)9-10/h3-4,6,8-9,14H,2,5,7H2,1H3. The quantitative estimate of drug-likeness (QED) is 0.852. The van der Waals surface area contributed by atoms with Gasteiger partial charge in [-0.1, -0.05) is 6.92 Å². The Balaban J connectivity index is 2.03. The monoisotopic (exact) mass is 343 g/mol. The maximum atomic E-state index is 13.4. The van der Waals surface area contributed by atoms with E-state index in [0.29, 0.717) is 19.4 Å². The zero-order valence-corrected chi connectivity index (χ0v) is 13.6. The second kappa shape index (κ2) is 5.72. The molecule has 1 atom stereocenters. The molecular formula is C15H15F2NO2S2. The highest BCUT2D eigenvalue weighted by molar-refractivity contribution is 7.89. The first kappa shape index (κ1) is 15.6. The third-order valence-corrected chi connectivity index (χ3v) is 6.83. The lowest BCUT2D eigenvalue weighted by atomic mass is 10.0. The predicted molar refractivity (Wildman–Crippen MR) is 81.3 cm³/mol. The van der Waals surface area contributed by atoms with E-state index in [1.165, 1.54) is 9.18 Å². The molecule has 0 N–H and O–H groups in total. The van der Waals surface area contributed by atoms with E-state index >= 15 is 0 Å². The lowest BCUT2D eigenvalue weighted by Gasteiger charge is -2.34. The Morgan fingerprint density at radius 1 is 1.27 bits per heavy atom. The van der Waals surface area contributed by atoms with Crippen LogP contribution in [0.1, 0.15) is 29.8 Å². The molecule has 1 aliphatic rings. The summed E-state index contributed by atoms with van der Waals surface area (Å²) in [6.45, 7) is 2.28. The van der Waals surface area contributed by atoms with Crippen LogP contribution in [0, 0.1) is 11.6 Å². The van der Waals surface area contributed by atoms with E-state index < -0.39 is 21.7 Å². The minimum absolute atomic E-state index is 0.205. The number of benzene rings is 1. The molecule has 118 valence electrons. The fourth-order valence-electron chi connectivity index (χ4n) is 2.86. The summed E-state index contributed by atoms with van der Waals surface area (Å²) < 4.78 is 53.4. The van der Waals surface area contributed by atoms with Gasteiger partial charge in [-0.25, -0.2) is 17.2 Å². The van der Waals surface area contributed by atoms with Crippen LogP contribution in [-0.2, 0) is 16.4 Å². The Labute approximate surface area is 132 Å². The molecule has 0 spiro atoms. The smallest absolute Gasteiger partial charge is 0.207 e. The van der Waals surface area contributed by atoms with Gasteiger partial charge in [-0.15, -0.1) is 11.3 Å². The molecule has 7 heteroatoms. The highest BCUT2D eigenvalue weighted by atomic mass is 32.2. The molecule has 0 saturated carbocycles. The van der Waals surface area contributed by atoms with Crippen molar-refractivity contribution in [2.45, 2.75) is 30.7 Å². The molecule has 3 nitrogen and oxygen atoms in total. The summed E-state index contributed by atoms with van der Waals surface area (Å²) in [6, 6.07) is 4.40. The van der Waals surface area contributed by atoms with E-state index in [0.717, 1.165) is 23.8 Å². The fourth-order valence-corrected chi connectivity index (χ4v) is 5.48. The van der Waals surface area contributed by atoms with Crippen LogP contribution in [0.5, 0.6) is 0 Å². The van der Waals surface area contributed by atoms with Crippen LogP contribution in [0.25, 0.3) is 0 Å². The van der Waals surface area contributed by atoms with Crippen molar-refractivity contribution >= 4 is 21.4 Å². The summed E-state index contributed by atoms with van der Waals surface area (Å²) in [5.74, 6) is -2.20. The van der Waals surface area contributed by atoms with Gasteiger partial charge in [0.25, 0.3) is 0 Å². The molecule has 0 fully saturated rings. The van der Waals surface area contributed by atoms with Crippen LogP contribution in [0.2, 0.25) is 0 Å². The number of nitrogens with zero attached hydrogens (tertiary/aromatic N) is 1. The molecule has 1 unspecified atom stereocenters. The van der Waals surface area contributed by atoms with E-state index in [-0.39, 0.29) is 10.9 Å². The van der Waals surface area contributed by atoms with Crippen LogP contribution in [0.3, 0.4) is 0 Å².